The maximum absolute atomic E-state index is 11.5. The molecule has 1 aromatic carbocycles. The molecular weight excluding hydrogens is 240 g/mol. The van der Waals surface area contributed by atoms with E-state index in [1.807, 2.05) is 18.2 Å². The highest BCUT2D eigenvalue weighted by Gasteiger charge is 2.15. The van der Waals surface area contributed by atoms with Crippen molar-refractivity contribution < 1.29 is 13.2 Å². The normalized spacial score (nSPS) is 14.8. The summed E-state index contributed by atoms with van der Waals surface area (Å²) in [5.74, 6) is 0.907. The van der Waals surface area contributed by atoms with Gasteiger partial charge >= 0.3 is 0 Å². The quantitative estimate of drug-likeness (QED) is 0.854. The molecule has 2 rings (SSSR count). The zero-order valence-corrected chi connectivity index (χ0v) is 10.8. The van der Waals surface area contributed by atoms with Gasteiger partial charge < -0.3 is 4.74 Å². The summed E-state index contributed by atoms with van der Waals surface area (Å²) >= 11 is 0. The number of nitrogens with zero attached hydrogens (tertiary/aromatic N) is 1. The van der Waals surface area contributed by atoms with Crippen LogP contribution < -0.4 is 9.46 Å². The van der Waals surface area contributed by atoms with Crippen LogP contribution in [-0.2, 0) is 23.2 Å². The van der Waals surface area contributed by atoms with Gasteiger partial charge in [0.05, 0.1) is 6.61 Å². The van der Waals surface area contributed by atoms with Crippen LogP contribution in [0.2, 0.25) is 0 Å². The average Bonchev–Trinajstić information content (AvgIpc) is 2.73. The molecule has 1 aliphatic rings. The maximum atomic E-state index is 11.5. The van der Waals surface area contributed by atoms with Crippen LogP contribution in [0.25, 0.3) is 0 Å². The Morgan fingerprint density at radius 2 is 2.18 bits per heavy atom. The van der Waals surface area contributed by atoms with Crippen LogP contribution in [0.3, 0.4) is 0 Å². The molecule has 0 atom stereocenters. The van der Waals surface area contributed by atoms with Crippen molar-refractivity contribution in [2.45, 2.75) is 13.0 Å². The summed E-state index contributed by atoms with van der Waals surface area (Å²) in [4.78, 5) is 0. The number of rotatable bonds is 4. The summed E-state index contributed by atoms with van der Waals surface area (Å²) in [7, 11) is -0.361. The van der Waals surface area contributed by atoms with E-state index in [9.17, 15) is 8.42 Å². The van der Waals surface area contributed by atoms with E-state index >= 15 is 0 Å². The van der Waals surface area contributed by atoms with Gasteiger partial charge in [0.2, 0.25) is 0 Å². The zero-order valence-electron chi connectivity index (χ0n) is 9.93. The fourth-order valence-corrected chi connectivity index (χ4v) is 2.26. The second-order valence-corrected chi connectivity index (χ2v) is 6.12. The number of benzene rings is 1. The minimum atomic E-state index is -3.36. The van der Waals surface area contributed by atoms with E-state index in [-0.39, 0.29) is 0 Å². The Bertz CT molecular complexity index is 511. The zero-order chi connectivity index (χ0) is 12.5. The Morgan fingerprint density at radius 3 is 2.88 bits per heavy atom. The van der Waals surface area contributed by atoms with Crippen LogP contribution in [0.5, 0.6) is 5.75 Å². The van der Waals surface area contributed by atoms with E-state index in [4.69, 9.17) is 4.74 Å². The number of hydrogen-bond donors (Lipinski definition) is 1. The van der Waals surface area contributed by atoms with Gasteiger partial charge in [-0.1, -0.05) is 12.1 Å². The molecule has 5 nitrogen and oxygen atoms in total. The van der Waals surface area contributed by atoms with Crippen LogP contribution in [0.1, 0.15) is 11.1 Å². The van der Waals surface area contributed by atoms with E-state index in [1.54, 1.807) is 0 Å². The monoisotopic (exact) mass is 256 g/mol. The Balaban J connectivity index is 2.06. The summed E-state index contributed by atoms with van der Waals surface area (Å²) in [5, 5.41) is 0. The summed E-state index contributed by atoms with van der Waals surface area (Å²) in [5.41, 5.74) is 2.09. The van der Waals surface area contributed by atoms with Gasteiger partial charge in [-0.25, -0.2) is 0 Å². The summed E-state index contributed by atoms with van der Waals surface area (Å²) in [6, 6.07) is 5.75. The van der Waals surface area contributed by atoms with Crippen molar-refractivity contribution in [3.8, 4) is 5.75 Å². The predicted molar refractivity (Wildman–Crippen MR) is 65.1 cm³/mol. The van der Waals surface area contributed by atoms with Gasteiger partial charge in [0.15, 0.2) is 0 Å². The molecule has 0 aliphatic carbocycles. The lowest BCUT2D eigenvalue weighted by molar-refractivity contribution is 0.357. The third-order valence-electron chi connectivity index (χ3n) is 2.69. The van der Waals surface area contributed by atoms with Crippen LogP contribution in [0.15, 0.2) is 18.2 Å². The second kappa shape index (κ2) is 4.64. The molecule has 0 aromatic heterocycles. The van der Waals surface area contributed by atoms with Gasteiger partial charge in [-0.2, -0.15) is 17.4 Å². The van der Waals surface area contributed by atoms with Gasteiger partial charge in [-0.15, -0.1) is 0 Å². The van der Waals surface area contributed by atoms with E-state index < -0.39 is 10.2 Å². The molecule has 0 unspecified atom stereocenters. The van der Waals surface area contributed by atoms with Crippen molar-refractivity contribution in [1.29, 1.82) is 0 Å². The van der Waals surface area contributed by atoms with E-state index in [0.717, 1.165) is 27.6 Å². The third-order valence-corrected chi connectivity index (χ3v) is 4.16. The standard InChI is InChI=1S/C11H16N2O3S/c1-13(2)17(14,15)12-8-9-3-4-11-10(7-9)5-6-16-11/h3-4,7,12H,5-6,8H2,1-2H3. The molecule has 0 amide bonds. The van der Waals surface area contributed by atoms with Crippen molar-refractivity contribution in [2.75, 3.05) is 20.7 Å². The molecule has 0 fully saturated rings. The first-order valence-corrected chi connectivity index (χ1v) is 6.85. The molecule has 1 heterocycles. The lowest BCUT2D eigenvalue weighted by Crippen LogP contribution is -2.35. The average molecular weight is 256 g/mol. The number of nitrogens with one attached hydrogen (secondary N) is 1. The summed E-state index contributed by atoms with van der Waals surface area (Å²) in [6.07, 6.45) is 0.892. The highest BCUT2D eigenvalue weighted by molar-refractivity contribution is 7.87. The minimum Gasteiger partial charge on any atom is -0.493 e. The highest BCUT2D eigenvalue weighted by atomic mass is 32.2. The van der Waals surface area contributed by atoms with Crippen LogP contribution in [0.4, 0.5) is 0 Å². The number of ether oxygens (including phenoxy) is 1. The van der Waals surface area contributed by atoms with Crippen molar-refractivity contribution in [3.05, 3.63) is 29.3 Å². The van der Waals surface area contributed by atoms with Crippen molar-refractivity contribution in [3.63, 3.8) is 0 Å². The largest absolute Gasteiger partial charge is 0.493 e. The molecule has 0 saturated carbocycles. The van der Waals surface area contributed by atoms with Crippen molar-refractivity contribution >= 4 is 10.2 Å². The molecule has 6 heteroatoms. The molecular formula is C11H16N2O3S. The van der Waals surface area contributed by atoms with E-state index in [2.05, 4.69) is 4.72 Å². The molecule has 94 valence electrons. The molecule has 1 N–H and O–H groups in total. The molecule has 0 radical (unpaired) electrons. The summed E-state index contributed by atoms with van der Waals surface area (Å²) in [6.45, 7) is 1.01. The summed E-state index contributed by atoms with van der Waals surface area (Å²) < 4.78 is 32.1. The highest BCUT2D eigenvalue weighted by Crippen LogP contribution is 2.25. The number of fused-ring (bicyclic) bond motifs is 1. The smallest absolute Gasteiger partial charge is 0.279 e. The Kier molecular flexibility index (Phi) is 3.37. The molecule has 0 spiro atoms. The van der Waals surface area contributed by atoms with E-state index in [0.29, 0.717) is 13.2 Å². The Hall–Kier alpha value is -1.11. The second-order valence-electron chi connectivity index (χ2n) is 4.15. The van der Waals surface area contributed by atoms with E-state index in [1.165, 1.54) is 14.1 Å². The van der Waals surface area contributed by atoms with Gasteiger partial charge in [-0.3, -0.25) is 0 Å². The first-order chi connectivity index (χ1) is 7.99. The van der Waals surface area contributed by atoms with Gasteiger partial charge in [0, 0.05) is 27.1 Å². The maximum Gasteiger partial charge on any atom is 0.279 e. The fourth-order valence-electron chi connectivity index (χ4n) is 1.65. The molecule has 1 aromatic rings. The Morgan fingerprint density at radius 1 is 1.41 bits per heavy atom. The topological polar surface area (TPSA) is 58.6 Å². The van der Waals surface area contributed by atoms with Crippen molar-refractivity contribution in [2.24, 2.45) is 0 Å². The number of hydrogen-bond acceptors (Lipinski definition) is 3. The molecule has 0 saturated heterocycles. The van der Waals surface area contributed by atoms with Gasteiger partial charge in [-0.05, 0) is 17.2 Å². The fraction of sp³-hybridized carbons (Fsp3) is 0.455. The first-order valence-electron chi connectivity index (χ1n) is 5.41. The SMILES string of the molecule is CN(C)S(=O)(=O)NCc1ccc2c(c1)CCO2. The third kappa shape index (κ3) is 2.77. The van der Waals surface area contributed by atoms with Crippen molar-refractivity contribution in [1.82, 2.24) is 9.03 Å². The minimum absolute atomic E-state index is 0.299. The predicted octanol–water partition coefficient (Wildman–Crippen LogP) is 0.518. The van der Waals surface area contributed by atoms with Crippen LogP contribution in [-0.4, -0.2) is 33.4 Å². The lowest BCUT2D eigenvalue weighted by atomic mass is 10.1. The van der Waals surface area contributed by atoms with Crippen LogP contribution in [0, 0.1) is 0 Å². The molecule has 0 bridgehead atoms. The van der Waals surface area contributed by atoms with Gasteiger partial charge in [0.25, 0.3) is 10.2 Å². The lowest BCUT2D eigenvalue weighted by Gasteiger charge is -2.12. The van der Waals surface area contributed by atoms with Crippen LogP contribution >= 0.6 is 0 Å². The molecule has 1 aliphatic heterocycles. The Labute approximate surface area is 102 Å². The molecule has 17 heavy (non-hydrogen) atoms. The van der Waals surface area contributed by atoms with Gasteiger partial charge in [0.1, 0.15) is 5.75 Å². The first kappa shape index (κ1) is 12.3.